The summed E-state index contributed by atoms with van der Waals surface area (Å²) < 4.78 is 21.6. The van der Waals surface area contributed by atoms with Crippen LogP contribution in [0.3, 0.4) is 0 Å². The number of nitro benzene ring substituents is 1. The van der Waals surface area contributed by atoms with Gasteiger partial charge in [-0.3, -0.25) is 10.1 Å². The van der Waals surface area contributed by atoms with E-state index in [0.29, 0.717) is 0 Å². The summed E-state index contributed by atoms with van der Waals surface area (Å²) in [6.07, 6.45) is 0. The highest BCUT2D eigenvalue weighted by molar-refractivity contribution is 8.13. The predicted octanol–water partition coefficient (Wildman–Crippen LogP) is 1.94. The van der Waals surface area contributed by atoms with Crippen molar-refractivity contribution in [1.29, 1.82) is 0 Å². The lowest BCUT2D eigenvalue weighted by Crippen LogP contribution is -1.97. The second kappa shape index (κ2) is 4.59. The average Bonchev–Trinajstić information content (AvgIpc) is 2.03. The molecule has 0 aliphatic carbocycles. The van der Waals surface area contributed by atoms with E-state index in [4.69, 9.17) is 10.7 Å². The number of nitro groups is 1. The third kappa shape index (κ3) is 2.83. The number of para-hydroxylation sites is 1. The van der Waals surface area contributed by atoms with Crippen molar-refractivity contribution >= 4 is 37.8 Å². The van der Waals surface area contributed by atoms with E-state index in [1.807, 2.05) is 0 Å². The van der Waals surface area contributed by atoms with Crippen LogP contribution in [0.5, 0.6) is 0 Å². The van der Waals surface area contributed by atoms with E-state index < -0.39 is 24.6 Å². The van der Waals surface area contributed by atoms with Crippen LogP contribution in [-0.4, -0.2) is 13.3 Å². The molecule has 5 nitrogen and oxygen atoms in total. The smallest absolute Gasteiger partial charge is 0.258 e. The van der Waals surface area contributed by atoms with Crippen LogP contribution in [-0.2, 0) is 9.05 Å². The van der Waals surface area contributed by atoms with Gasteiger partial charge in [0.2, 0.25) is 0 Å². The molecule has 0 amide bonds. The molecule has 1 aromatic rings. The van der Waals surface area contributed by atoms with Crippen LogP contribution >= 0.6 is 23.1 Å². The van der Waals surface area contributed by atoms with Crippen molar-refractivity contribution in [2.24, 2.45) is 0 Å². The SMILES string of the molecule is Cl.O=[N+]([O-])c1ccccc1S(=O)(=O)Cl. The third-order valence-electron chi connectivity index (χ3n) is 1.32. The molecule has 8 heteroatoms. The first-order valence-electron chi connectivity index (χ1n) is 3.11. The molecule has 0 heterocycles. The summed E-state index contributed by atoms with van der Waals surface area (Å²) in [6.45, 7) is 0. The van der Waals surface area contributed by atoms with Crippen LogP contribution in [0.4, 0.5) is 5.69 Å². The van der Waals surface area contributed by atoms with Crippen LogP contribution in [0.1, 0.15) is 0 Å². The minimum atomic E-state index is -4.05. The molecular weight excluding hydrogens is 253 g/mol. The van der Waals surface area contributed by atoms with E-state index in [1.165, 1.54) is 12.1 Å². The molecule has 0 atom stereocenters. The van der Waals surface area contributed by atoms with Crippen LogP contribution in [0, 0.1) is 10.1 Å². The Morgan fingerprint density at radius 1 is 1.29 bits per heavy atom. The maximum absolute atomic E-state index is 10.8. The number of hydrogen-bond acceptors (Lipinski definition) is 4. The Hall–Kier alpha value is -0.850. The second-order valence-electron chi connectivity index (χ2n) is 2.16. The van der Waals surface area contributed by atoms with Crippen molar-refractivity contribution in [3.8, 4) is 0 Å². The minimum absolute atomic E-state index is 0. The molecule has 0 aliphatic heterocycles. The summed E-state index contributed by atoms with van der Waals surface area (Å²) >= 11 is 0. The van der Waals surface area contributed by atoms with Gasteiger partial charge in [-0.25, -0.2) is 8.42 Å². The van der Waals surface area contributed by atoms with Gasteiger partial charge >= 0.3 is 0 Å². The molecule has 0 aliphatic rings. The standard InChI is InChI=1S/C6H4ClNO4S.ClH/c7-13(11,12)6-4-2-1-3-5(6)8(9)10;/h1-4H;1H. The van der Waals surface area contributed by atoms with Crippen LogP contribution in [0.2, 0.25) is 0 Å². The summed E-state index contributed by atoms with van der Waals surface area (Å²) in [5.41, 5.74) is -0.516. The van der Waals surface area contributed by atoms with E-state index in [0.717, 1.165) is 12.1 Å². The first-order valence-corrected chi connectivity index (χ1v) is 5.42. The van der Waals surface area contributed by atoms with Gasteiger partial charge in [-0.2, -0.15) is 0 Å². The van der Waals surface area contributed by atoms with E-state index in [9.17, 15) is 18.5 Å². The van der Waals surface area contributed by atoms with Gasteiger partial charge < -0.3 is 0 Å². The van der Waals surface area contributed by atoms with Gasteiger partial charge in [0, 0.05) is 16.7 Å². The van der Waals surface area contributed by atoms with Gasteiger partial charge in [0.1, 0.15) is 0 Å². The number of benzene rings is 1. The Balaban J connectivity index is 0.00000169. The molecule has 0 radical (unpaired) electrons. The fourth-order valence-corrected chi connectivity index (χ4v) is 1.84. The summed E-state index contributed by atoms with van der Waals surface area (Å²) in [5.74, 6) is 0. The fraction of sp³-hybridized carbons (Fsp3) is 0. The second-order valence-corrected chi connectivity index (χ2v) is 4.70. The van der Waals surface area contributed by atoms with Gasteiger partial charge in [-0.05, 0) is 6.07 Å². The largest absolute Gasteiger partial charge is 0.289 e. The number of rotatable bonds is 2. The highest BCUT2D eigenvalue weighted by Crippen LogP contribution is 2.25. The molecule has 0 bridgehead atoms. The molecular formula is C6H5Cl2NO4S. The number of halogens is 2. The minimum Gasteiger partial charge on any atom is -0.258 e. The monoisotopic (exact) mass is 257 g/mol. The Morgan fingerprint density at radius 2 is 1.79 bits per heavy atom. The highest BCUT2D eigenvalue weighted by atomic mass is 35.7. The molecule has 1 aromatic carbocycles. The van der Waals surface area contributed by atoms with Gasteiger partial charge in [-0.1, -0.05) is 12.1 Å². The summed E-state index contributed by atoms with van der Waals surface area (Å²) in [5, 5.41) is 10.4. The predicted molar refractivity (Wildman–Crippen MR) is 53.4 cm³/mol. The van der Waals surface area contributed by atoms with E-state index in [2.05, 4.69) is 0 Å². The van der Waals surface area contributed by atoms with Crippen molar-refractivity contribution < 1.29 is 13.3 Å². The zero-order chi connectivity index (χ0) is 10.1. The Morgan fingerprint density at radius 3 is 2.14 bits per heavy atom. The molecule has 0 fully saturated rings. The molecule has 0 unspecified atom stereocenters. The molecule has 0 N–H and O–H groups in total. The maximum Gasteiger partial charge on any atom is 0.289 e. The zero-order valence-electron chi connectivity index (χ0n) is 6.58. The molecule has 1 rings (SSSR count). The van der Waals surface area contributed by atoms with Crippen LogP contribution in [0.15, 0.2) is 29.2 Å². The Kier molecular flexibility index (Phi) is 4.31. The fourth-order valence-electron chi connectivity index (χ4n) is 0.814. The van der Waals surface area contributed by atoms with Crippen LogP contribution in [0.25, 0.3) is 0 Å². The third-order valence-corrected chi connectivity index (χ3v) is 2.69. The zero-order valence-corrected chi connectivity index (χ0v) is 8.97. The lowest BCUT2D eigenvalue weighted by Gasteiger charge is -1.96. The van der Waals surface area contributed by atoms with Gasteiger partial charge in [-0.15, -0.1) is 12.4 Å². The maximum atomic E-state index is 10.8. The van der Waals surface area contributed by atoms with E-state index in [-0.39, 0.29) is 12.4 Å². The summed E-state index contributed by atoms with van der Waals surface area (Å²) in [6, 6.07) is 4.89. The topological polar surface area (TPSA) is 77.3 Å². The molecule has 0 saturated carbocycles. The molecule has 0 aromatic heterocycles. The van der Waals surface area contributed by atoms with Crippen molar-refractivity contribution in [2.45, 2.75) is 4.90 Å². The van der Waals surface area contributed by atoms with Crippen molar-refractivity contribution in [1.82, 2.24) is 0 Å². The van der Waals surface area contributed by atoms with Crippen molar-refractivity contribution in [3.05, 3.63) is 34.4 Å². The van der Waals surface area contributed by atoms with Crippen molar-refractivity contribution in [3.63, 3.8) is 0 Å². The van der Waals surface area contributed by atoms with Gasteiger partial charge in [0.15, 0.2) is 4.90 Å². The number of hydrogen-bond donors (Lipinski definition) is 0. The summed E-state index contributed by atoms with van der Waals surface area (Å²) in [7, 11) is 0.928. The summed E-state index contributed by atoms with van der Waals surface area (Å²) in [4.78, 5) is 9.07. The first kappa shape index (κ1) is 13.2. The average molecular weight is 258 g/mol. The lowest BCUT2D eigenvalue weighted by atomic mass is 10.3. The van der Waals surface area contributed by atoms with Crippen molar-refractivity contribution in [2.75, 3.05) is 0 Å². The molecule has 0 saturated heterocycles. The quantitative estimate of drug-likeness (QED) is 0.461. The Labute approximate surface area is 90.7 Å². The number of nitrogens with zero attached hydrogens (tertiary/aromatic N) is 1. The van der Waals surface area contributed by atoms with Gasteiger partial charge in [0.05, 0.1) is 4.92 Å². The normalized spacial score (nSPS) is 10.4. The van der Waals surface area contributed by atoms with Crippen LogP contribution < -0.4 is 0 Å². The molecule has 14 heavy (non-hydrogen) atoms. The molecule has 0 spiro atoms. The van der Waals surface area contributed by atoms with E-state index in [1.54, 1.807) is 0 Å². The Bertz CT molecular complexity index is 445. The van der Waals surface area contributed by atoms with E-state index >= 15 is 0 Å². The van der Waals surface area contributed by atoms with Gasteiger partial charge in [0.25, 0.3) is 14.7 Å². The lowest BCUT2D eigenvalue weighted by molar-refractivity contribution is -0.387. The highest BCUT2D eigenvalue weighted by Gasteiger charge is 2.22. The first-order chi connectivity index (χ1) is 5.93. The molecule has 78 valence electrons.